The highest BCUT2D eigenvalue weighted by Crippen LogP contribution is 2.41. The van der Waals surface area contributed by atoms with Crippen LogP contribution in [0.15, 0.2) is 180 Å². The minimum atomic E-state index is -4.08. The van der Waals surface area contributed by atoms with E-state index in [0.717, 1.165) is 33.4 Å². The van der Waals surface area contributed by atoms with Crippen molar-refractivity contribution in [2.24, 2.45) is 0 Å². The Hall–Kier alpha value is -9.38. The summed E-state index contributed by atoms with van der Waals surface area (Å²) < 4.78 is 56.0. The third kappa shape index (κ3) is 9.42. The van der Waals surface area contributed by atoms with Gasteiger partial charge in [-0.3, -0.25) is 20.2 Å². The second-order valence-electron chi connectivity index (χ2n) is 18.6. The van der Waals surface area contributed by atoms with E-state index in [1.165, 1.54) is 48.5 Å². The molecule has 374 valence electrons. The van der Waals surface area contributed by atoms with E-state index >= 15 is 0 Å². The van der Waals surface area contributed by atoms with E-state index < -0.39 is 41.0 Å². The number of aryl methyl sites for hydroxylation is 2. The van der Waals surface area contributed by atoms with Crippen LogP contribution in [-0.2, 0) is 31.2 Å². The maximum Gasteiger partial charge on any atom is 0.273 e. The highest BCUT2D eigenvalue weighted by molar-refractivity contribution is 7.91. The number of nitrogens with zero attached hydrogens (tertiary/aromatic N) is 4. The molecule has 0 radical (unpaired) electrons. The molecule has 76 heavy (non-hydrogen) atoms. The van der Waals surface area contributed by atoms with Crippen molar-refractivity contribution < 1.29 is 26.7 Å². The quantitative estimate of drug-likeness (QED) is 0.0872. The number of hydrogen-bond acceptors (Lipinski definition) is 10. The molecule has 0 fully saturated rings. The molecule has 6 aromatic carbocycles. The molecule has 0 saturated heterocycles. The minimum Gasteiger partial charge on any atom is -0.354 e. The number of fused-ring (bicyclic) bond motifs is 8. The number of hydrogen-bond donors (Lipinski definition) is 2. The van der Waals surface area contributed by atoms with E-state index in [0.29, 0.717) is 67.1 Å². The lowest BCUT2D eigenvalue weighted by atomic mass is 10.0. The van der Waals surface area contributed by atoms with Gasteiger partial charge in [0.1, 0.15) is 0 Å². The van der Waals surface area contributed by atoms with E-state index in [4.69, 9.17) is 9.97 Å². The number of nitro benzene ring substituents is 2. The lowest BCUT2D eigenvalue weighted by Crippen LogP contribution is -2.07. The van der Waals surface area contributed by atoms with Gasteiger partial charge in [-0.05, 0) is 133 Å². The van der Waals surface area contributed by atoms with Gasteiger partial charge in [0, 0.05) is 67.6 Å². The van der Waals surface area contributed by atoms with Crippen LogP contribution in [0.1, 0.15) is 45.0 Å². The Morgan fingerprint density at radius 2 is 0.724 bits per heavy atom. The molecule has 2 aliphatic heterocycles. The van der Waals surface area contributed by atoms with Crippen LogP contribution in [0.5, 0.6) is 0 Å². The van der Waals surface area contributed by atoms with Gasteiger partial charge in [0.2, 0.25) is 0 Å². The third-order valence-corrected chi connectivity index (χ3v) is 16.8. The van der Waals surface area contributed by atoms with Crippen LogP contribution >= 0.6 is 0 Å². The minimum absolute atomic E-state index is 0.0194. The number of nitro groups is 2. The van der Waals surface area contributed by atoms with E-state index in [9.17, 15) is 37.1 Å². The first-order chi connectivity index (χ1) is 36.6. The zero-order valence-electron chi connectivity index (χ0n) is 40.8. The fourth-order valence-corrected chi connectivity index (χ4v) is 12.5. The molecular formula is C60H44N6O8S2. The van der Waals surface area contributed by atoms with Crippen LogP contribution in [0, 0.1) is 34.1 Å². The van der Waals surface area contributed by atoms with Gasteiger partial charge in [0.15, 0.2) is 19.7 Å². The Bertz CT molecular complexity index is 4050. The number of aromatic amines is 2. The number of H-pyrrole nitrogens is 2. The fourth-order valence-electron chi connectivity index (χ4n) is 9.77. The summed E-state index contributed by atoms with van der Waals surface area (Å²) in [6, 6.07) is 48.6. The molecule has 11 rings (SSSR count). The summed E-state index contributed by atoms with van der Waals surface area (Å²) in [6.07, 6.45) is 7.46. The van der Waals surface area contributed by atoms with Gasteiger partial charge in [-0.15, -0.1) is 0 Å². The SMILES string of the molecule is Cc1ccc(S(=O)(=O)Cc2cc(-c3c4nc(c(-c5ccc([N+](=O)[O-])c(CS(=O)(=O)c6ccc(C)cc6)c5)c5ccc([nH]5)c(-c5ccccc5)c5nc(c(-c6ccccc6)c6ccc3[nH]6)C=C5)C=C4)ccc2[N+](=O)[O-])cc1. The van der Waals surface area contributed by atoms with E-state index in [1.54, 1.807) is 48.6 Å². The van der Waals surface area contributed by atoms with E-state index in [-0.39, 0.29) is 32.3 Å². The van der Waals surface area contributed by atoms with Crippen molar-refractivity contribution in [3.05, 3.63) is 235 Å². The third-order valence-electron chi connectivity index (χ3n) is 13.5. The Labute approximate surface area is 436 Å². The molecule has 0 amide bonds. The molecule has 8 bridgehead atoms. The predicted octanol–water partition coefficient (Wildman–Crippen LogP) is 13.7. The Morgan fingerprint density at radius 1 is 0.408 bits per heavy atom. The van der Waals surface area contributed by atoms with Crippen molar-refractivity contribution in [2.75, 3.05) is 0 Å². The highest BCUT2D eigenvalue weighted by atomic mass is 32.2. The van der Waals surface area contributed by atoms with E-state index in [1.807, 2.05) is 111 Å². The molecule has 0 saturated carbocycles. The lowest BCUT2D eigenvalue weighted by Gasteiger charge is -2.10. The predicted molar refractivity (Wildman–Crippen MR) is 298 cm³/mol. The van der Waals surface area contributed by atoms with Crippen molar-refractivity contribution in [1.82, 2.24) is 19.9 Å². The second-order valence-corrected chi connectivity index (χ2v) is 22.6. The average Bonchev–Trinajstić information content (AvgIpc) is 4.27. The molecule has 0 atom stereocenters. The summed E-state index contributed by atoms with van der Waals surface area (Å²) in [4.78, 5) is 42.0. The van der Waals surface area contributed by atoms with Crippen LogP contribution in [0.4, 0.5) is 11.4 Å². The van der Waals surface area contributed by atoms with E-state index in [2.05, 4.69) is 9.97 Å². The van der Waals surface area contributed by atoms with Crippen molar-refractivity contribution in [1.29, 1.82) is 0 Å². The molecule has 14 nitrogen and oxygen atoms in total. The van der Waals surface area contributed by atoms with Gasteiger partial charge in [0.05, 0.1) is 53.9 Å². The summed E-state index contributed by atoms with van der Waals surface area (Å²) in [6.45, 7) is 3.67. The van der Waals surface area contributed by atoms with Gasteiger partial charge < -0.3 is 9.97 Å². The molecule has 2 N–H and O–H groups in total. The molecule has 0 aliphatic carbocycles. The first-order valence-corrected chi connectivity index (χ1v) is 27.3. The summed E-state index contributed by atoms with van der Waals surface area (Å²) >= 11 is 0. The zero-order chi connectivity index (χ0) is 52.9. The van der Waals surface area contributed by atoms with Crippen molar-refractivity contribution in [3.8, 4) is 44.5 Å². The summed E-state index contributed by atoms with van der Waals surface area (Å²) in [5.41, 5.74) is 10.4. The smallest absolute Gasteiger partial charge is 0.273 e. The Kier molecular flexibility index (Phi) is 12.5. The van der Waals surface area contributed by atoms with Gasteiger partial charge in [-0.25, -0.2) is 26.8 Å². The largest absolute Gasteiger partial charge is 0.354 e. The number of sulfone groups is 2. The van der Waals surface area contributed by atoms with Crippen LogP contribution in [-0.4, -0.2) is 46.6 Å². The van der Waals surface area contributed by atoms with Crippen LogP contribution < -0.4 is 0 Å². The van der Waals surface area contributed by atoms with Gasteiger partial charge >= 0.3 is 0 Å². The van der Waals surface area contributed by atoms with Crippen molar-refractivity contribution >= 4 is 77.4 Å². The molecule has 0 unspecified atom stereocenters. The molecule has 0 spiro atoms. The maximum absolute atomic E-state index is 14.0. The average molecular weight is 1040 g/mol. The number of benzene rings is 6. The van der Waals surface area contributed by atoms with Crippen LogP contribution in [0.2, 0.25) is 0 Å². The van der Waals surface area contributed by atoms with Gasteiger partial charge in [-0.1, -0.05) is 96.1 Å². The molecule has 2 aliphatic rings. The van der Waals surface area contributed by atoms with Gasteiger partial charge in [-0.2, -0.15) is 0 Å². The molecule has 16 heteroatoms. The van der Waals surface area contributed by atoms with Crippen molar-refractivity contribution in [2.45, 2.75) is 35.1 Å². The lowest BCUT2D eigenvalue weighted by molar-refractivity contribution is -0.385. The molecular weight excluding hydrogens is 997 g/mol. The number of aromatic nitrogens is 4. The standard InChI is InChI=1S/C60H44N6O8S2/c1-37-13-19-45(20-14-37)75(71,72)35-43-33-41(17-31-55(43)65(67)68)59-51-27-25-49(62-51)57(39-9-5-3-6-10-39)47-23-24-48(61-47)58(40-11-7-4-8-12-40)50-26-28-52(63-50)60(54-30-29-53(59)64-54)42-18-32-56(66(69)70)44(34-42)36-76(73,74)46-21-15-38(2)16-22-46/h3-34,62-63H,35-36H2,1-2H3. The highest BCUT2D eigenvalue weighted by Gasteiger charge is 2.27. The second kappa shape index (κ2) is 19.5. The molecule has 3 aromatic heterocycles. The summed E-state index contributed by atoms with van der Waals surface area (Å²) in [5, 5.41) is 25.3. The number of nitrogens with one attached hydrogen (secondary N) is 2. The van der Waals surface area contributed by atoms with Gasteiger partial charge in [0.25, 0.3) is 11.4 Å². The normalized spacial score (nSPS) is 12.2. The monoisotopic (exact) mass is 1040 g/mol. The molecule has 9 aromatic rings. The Balaban J connectivity index is 1.23. The first-order valence-electron chi connectivity index (χ1n) is 24.0. The maximum atomic E-state index is 14.0. The summed E-state index contributed by atoms with van der Waals surface area (Å²) in [5.74, 6) is -1.34. The topological polar surface area (TPSA) is 212 Å². The first kappa shape index (κ1) is 48.9. The Morgan fingerprint density at radius 3 is 1.04 bits per heavy atom. The summed E-state index contributed by atoms with van der Waals surface area (Å²) in [7, 11) is -8.16. The fraction of sp³-hybridized carbons (Fsp3) is 0.0667. The van der Waals surface area contributed by atoms with Crippen LogP contribution in [0.25, 0.3) is 90.9 Å². The van der Waals surface area contributed by atoms with Crippen LogP contribution in [0.3, 0.4) is 0 Å². The van der Waals surface area contributed by atoms with Crippen molar-refractivity contribution in [3.63, 3.8) is 0 Å². The zero-order valence-corrected chi connectivity index (χ0v) is 42.4. The number of rotatable bonds is 12. The molecule has 5 heterocycles.